The SMILES string of the molecule is C=Cc1ccccc1CCO[Si](OCC)(OCC)OCC. The first-order chi connectivity index (χ1) is 10.2. The van der Waals surface area contributed by atoms with Crippen LogP contribution in [0, 0.1) is 0 Å². The van der Waals surface area contributed by atoms with Crippen LogP contribution in [0.5, 0.6) is 0 Å². The van der Waals surface area contributed by atoms with E-state index in [1.54, 1.807) is 0 Å². The van der Waals surface area contributed by atoms with Crippen molar-refractivity contribution in [3.8, 4) is 0 Å². The van der Waals surface area contributed by atoms with Crippen LogP contribution in [-0.4, -0.2) is 35.5 Å². The summed E-state index contributed by atoms with van der Waals surface area (Å²) in [6.45, 7) is 11.6. The molecule has 0 aliphatic rings. The molecule has 118 valence electrons. The molecule has 0 aliphatic carbocycles. The summed E-state index contributed by atoms with van der Waals surface area (Å²) in [6.07, 6.45) is 2.62. The molecule has 0 spiro atoms. The highest BCUT2D eigenvalue weighted by Gasteiger charge is 2.44. The van der Waals surface area contributed by atoms with E-state index >= 15 is 0 Å². The lowest BCUT2D eigenvalue weighted by molar-refractivity contribution is -0.0268. The summed E-state index contributed by atoms with van der Waals surface area (Å²) in [6, 6.07) is 8.13. The fourth-order valence-electron chi connectivity index (χ4n) is 2.03. The van der Waals surface area contributed by atoms with Crippen LogP contribution < -0.4 is 0 Å². The molecule has 1 aromatic carbocycles. The molecule has 0 radical (unpaired) electrons. The maximum absolute atomic E-state index is 5.89. The average molecular weight is 310 g/mol. The quantitative estimate of drug-likeness (QED) is 0.587. The van der Waals surface area contributed by atoms with Gasteiger partial charge in [0, 0.05) is 26.4 Å². The van der Waals surface area contributed by atoms with Crippen LogP contribution in [0.15, 0.2) is 30.8 Å². The van der Waals surface area contributed by atoms with Gasteiger partial charge in [0.25, 0.3) is 0 Å². The molecule has 5 heteroatoms. The predicted octanol–water partition coefficient (Wildman–Crippen LogP) is 3.43. The van der Waals surface area contributed by atoms with E-state index in [0.717, 1.165) is 12.0 Å². The molecule has 0 fully saturated rings. The maximum Gasteiger partial charge on any atom is 0.679 e. The molecule has 0 atom stereocenters. The first-order valence-electron chi connectivity index (χ1n) is 7.47. The minimum Gasteiger partial charge on any atom is -0.351 e. The highest BCUT2D eigenvalue weighted by atomic mass is 28.4. The molecule has 0 N–H and O–H groups in total. The predicted molar refractivity (Wildman–Crippen MR) is 86.8 cm³/mol. The van der Waals surface area contributed by atoms with Crippen LogP contribution in [0.3, 0.4) is 0 Å². The Balaban J connectivity index is 2.65. The molecule has 1 rings (SSSR count). The zero-order valence-corrected chi connectivity index (χ0v) is 14.3. The van der Waals surface area contributed by atoms with Crippen molar-refractivity contribution in [1.82, 2.24) is 0 Å². The van der Waals surface area contributed by atoms with Crippen molar-refractivity contribution in [1.29, 1.82) is 0 Å². The lowest BCUT2D eigenvalue weighted by Gasteiger charge is -2.26. The Labute approximate surface area is 129 Å². The molecule has 0 saturated carbocycles. The summed E-state index contributed by atoms with van der Waals surface area (Å²) in [4.78, 5) is 0. The van der Waals surface area contributed by atoms with Gasteiger partial charge in [0.05, 0.1) is 0 Å². The van der Waals surface area contributed by atoms with Gasteiger partial charge in [-0.2, -0.15) is 0 Å². The second-order valence-corrected chi connectivity index (χ2v) is 6.46. The van der Waals surface area contributed by atoms with Gasteiger partial charge < -0.3 is 17.7 Å². The van der Waals surface area contributed by atoms with E-state index in [2.05, 4.69) is 12.6 Å². The molecule has 0 heterocycles. The summed E-state index contributed by atoms with van der Waals surface area (Å²) in [5.74, 6) is 0. The fourth-order valence-corrected chi connectivity index (χ4v) is 3.94. The molecule has 4 nitrogen and oxygen atoms in total. The lowest BCUT2D eigenvalue weighted by atomic mass is 10.1. The number of hydrogen-bond donors (Lipinski definition) is 0. The molecule has 21 heavy (non-hydrogen) atoms. The van der Waals surface area contributed by atoms with Crippen LogP contribution >= 0.6 is 0 Å². The van der Waals surface area contributed by atoms with Gasteiger partial charge in [0.2, 0.25) is 0 Å². The third-order valence-electron chi connectivity index (χ3n) is 2.89. The van der Waals surface area contributed by atoms with Crippen molar-refractivity contribution >= 4 is 15.1 Å². The van der Waals surface area contributed by atoms with Gasteiger partial charge in [0.15, 0.2) is 0 Å². The Morgan fingerprint density at radius 2 is 1.52 bits per heavy atom. The Kier molecular flexibility index (Phi) is 8.49. The second kappa shape index (κ2) is 9.86. The van der Waals surface area contributed by atoms with Gasteiger partial charge in [-0.15, -0.1) is 0 Å². The third-order valence-corrected chi connectivity index (χ3v) is 5.37. The van der Waals surface area contributed by atoms with Crippen LogP contribution in [-0.2, 0) is 24.1 Å². The molecule has 0 bridgehead atoms. The summed E-state index contributed by atoms with van der Waals surface area (Å²) in [5.41, 5.74) is 2.32. The molecule has 0 aromatic heterocycles. The van der Waals surface area contributed by atoms with Crippen molar-refractivity contribution in [2.75, 3.05) is 26.4 Å². The normalized spacial score (nSPS) is 11.6. The van der Waals surface area contributed by atoms with Gasteiger partial charge in [-0.05, 0) is 38.3 Å². The summed E-state index contributed by atoms with van der Waals surface area (Å²) in [7, 11) is -3.00. The van der Waals surface area contributed by atoms with Crippen molar-refractivity contribution in [2.45, 2.75) is 27.2 Å². The van der Waals surface area contributed by atoms with Crippen molar-refractivity contribution in [3.05, 3.63) is 42.0 Å². The average Bonchev–Trinajstić information content (AvgIpc) is 2.48. The summed E-state index contributed by atoms with van der Waals surface area (Å²) < 4.78 is 22.9. The number of benzene rings is 1. The first kappa shape index (κ1) is 18.1. The number of hydrogen-bond acceptors (Lipinski definition) is 4. The Morgan fingerprint density at radius 1 is 0.952 bits per heavy atom. The van der Waals surface area contributed by atoms with E-state index < -0.39 is 9.05 Å². The monoisotopic (exact) mass is 310 g/mol. The van der Waals surface area contributed by atoms with Crippen molar-refractivity contribution in [2.24, 2.45) is 0 Å². The minimum atomic E-state index is -3.00. The Hall–Kier alpha value is -0.983. The third kappa shape index (κ3) is 5.72. The number of rotatable bonds is 11. The van der Waals surface area contributed by atoms with Crippen LogP contribution in [0.4, 0.5) is 0 Å². The Morgan fingerprint density at radius 3 is 2.05 bits per heavy atom. The van der Waals surface area contributed by atoms with E-state index in [4.69, 9.17) is 17.7 Å². The van der Waals surface area contributed by atoms with E-state index in [9.17, 15) is 0 Å². The molecule has 0 saturated heterocycles. The Bertz CT molecular complexity index is 405. The van der Waals surface area contributed by atoms with E-state index in [1.165, 1.54) is 5.56 Å². The van der Waals surface area contributed by atoms with E-state index in [-0.39, 0.29) is 0 Å². The van der Waals surface area contributed by atoms with Gasteiger partial charge >= 0.3 is 9.05 Å². The van der Waals surface area contributed by atoms with Crippen LogP contribution in [0.25, 0.3) is 6.08 Å². The van der Waals surface area contributed by atoms with Crippen molar-refractivity contribution < 1.29 is 17.7 Å². The molecule has 0 unspecified atom stereocenters. The van der Waals surface area contributed by atoms with E-state index in [0.29, 0.717) is 26.4 Å². The minimum absolute atomic E-state index is 0.497. The molecular weight excluding hydrogens is 284 g/mol. The van der Waals surface area contributed by atoms with Crippen LogP contribution in [0.1, 0.15) is 31.9 Å². The van der Waals surface area contributed by atoms with Gasteiger partial charge in [-0.3, -0.25) is 0 Å². The molecule has 1 aromatic rings. The van der Waals surface area contributed by atoms with Gasteiger partial charge in [-0.25, -0.2) is 0 Å². The smallest absolute Gasteiger partial charge is 0.351 e. The highest BCUT2D eigenvalue weighted by molar-refractivity contribution is 6.53. The topological polar surface area (TPSA) is 36.9 Å². The summed E-state index contributed by atoms with van der Waals surface area (Å²) in [5, 5.41) is 0. The van der Waals surface area contributed by atoms with E-state index in [1.807, 2.05) is 45.0 Å². The molecular formula is C16H26O4Si. The highest BCUT2D eigenvalue weighted by Crippen LogP contribution is 2.15. The fraction of sp³-hybridized carbons (Fsp3) is 0.500. The lowest BCUT2D eigenvalue weighted by Crippen LogP contribution is -2.49. The largest absolute Gasteiger partial charge is 0.679 e. The van der Waals surface area contributed by atoms with Gasteiger partial charge in [0.1, 0.15) is 0 Å². The standard InChI is InChI=1S/C16H26O4Si/c1-5-15-11-9-10-12-16(15)13-14-20-21(17-6-2,18-7-3)19-8-4/h5,9-12H,1,6-8,13-14H2,2-4H3. The van der Waals surface area contributed by atoms with Crippen molar-refractivity contribution in [3.63, 3.8) is 0 Å². The first-order valence-corrected chi connectivity index (χ1v) is 9.10. The zero-order chi connectivity index (χ0) is 15.6. The molecule has 0 amide bonds. The summed E-state index contributed by atoms with van der Waals surface area (Å²) >= 11 is 0. The molecule has 0 aliphatic heterocycles. The maximum atomic E-state index is 5.89. The zero-order valence-electron chi connectivity index (χ0n) is 13.3. The van der Waals surface area contributed by atoms with Gasteiger partial charge in [-0.1, -0.05) is 36.9 Å². The van der Waals surface area contributed by atoms with Crippen LogP contribution in [0.2, 0.25) is 0 Å². The second-order valence-electron chi connectivity index (χ2n) is 4.30.